The molecule has 0 spiro atoms. The standard InChI is InChI=1S/C12H9F3N4OS/c13-12(14,15)8-2-4-10(18-6-8)21-9-3-1-7(5-17-9)11(16)19-20/h1-6,20H,(H2,16,19). The molecule has 2 aromatic rings. The molecule has 0 aromatic carbocycles. The summed E-state index contributed by atoms with van der Waals surface area (Å²) in [4.78, 5) is 7.77. The molecule has 0 atom stereocenters. The van der Waals surface area contributed by atoms with Gasteiger partial charge in [0, 0.05) is 18.0 Å². The minimum atomic E-state index is -4.41. The maximum absolute atomic E-state index is 12.4. The molecule has 0 unspecified atom stereocenters. The monoisotopic (exact) mass is 314 g/mol. The van der Waals surface area contributed by atoms with Crippen LogP contribution in [0.4, 0.5) is 13.2 Å². The van der Waals surface area contributed by atoms with E-state index in [-0.39, 0.29) is 5.84 Å². The molecule has 0 aliphatic carbocycles. The molecule has 0 saturated carbocycles. The summed E-state index contributed by atoms with van der Waals surface area (Å²) < 4.78 is 37.2. The second kappa shape index (κ2) is 6.00. The summed E-state index contributed by atoms with van der Waals surface area (Å²) in [5.74, 6) is -0.0771. The van der Waals surface area contributed by atoms with Crippen LogP contribution < -0.4 is 5.73 Å². The quantitative estimate of drug-likeness (QED) is 0.394. The molecule has 2 rings (SSSR count). The van der Waals surface area contributed by atoms with E-state index in [2.05, 4.69) is 15.1 Å². The number of rotatable bonds is 3. The highest BCUT2D eigenvalue weighted by atomic mass is 32.2. The van der Waals surface area contributed by atoms with E-state index in [1.165, 1.54) is 12.3 Å². The van der Waals surface area contributed by atoms with Crippen LogP contribution >= 0.6 is 11.8 Å². The number of aromatic nitrogens is 2. The predicted octanol–water partition coefficient (Wildman–Crippen LogP) is 2.74. The van der Waals surface area contributed by atoms with E-state index in [1.807, 2.05) is 0 Å². The first-order valence-electron chi connectivity index (χ1n) is 5.55. The van der Waals surface area contributed by atoms with Crippen molar-refractivity contribution in [3.8, 4) is 0 Å². The minimum Gasteiger partial charge on any atom is -0.409 e. The highest BCUT2D eigenvalue weighted by Gasteiger charge is 2.30. The first-order chi connectivity index (χ1) is 9.90. The maximum Gasteiger partial charge on any atom is 0.417 e. The topological polar surface area (TPSA) is 84.4 Å². The Morgan fingerprint density at radius 2 is 1.71 bits per heavy atom. The number of amidine groups is 1. The molecule has 0 fully saturated rings. The van der Waals surface area contributed by atoms with Gasteiger partial charge in [0.25, 0.3) is 0 Å². The van der Waals surface area contributed by atoms with Crippen LogP contribution in [-0.2, 0) is 6.18 Å². The zero-order valence-corrected chi connectivity index (χ0v) is 11.2. The van der Waals surface area contributed by atoms with Crippen molar-refractivity contribution in [3.63, 3.8) is 0 Å². The van der Waals surface area contributed by atoms with Gasteiger partial charge in [0.1, 0.15) is 10.1 Å². The van der Waals surface area contributed by atoms with Gasteiger partial charge in [0.05, 0.1) is 5.56 Å². The van der Waals surface area contributed by atoms with Crippen molar-refractivity contribution in [1.82, 2.24) is 9.97 Å². The average Bonchev–Trinajstić information content (AvgIpc) is 2.47. The third-order valence-corrected chi connectivity index (χ3v) is 3.31. The molecule has 0 radical (unpaired) electrons. The van der Waals surface area contributed by atoms with E-state index in [0.29, 0.717) is 15.6 Å². The number of alkyl halides is 3. The first-order valence-corrected chi connectivity index (χ1v) is 6.37. The first kappa shape index (κ1) is 15.1. The second-order valence-electron chi connectivity index (χ2n) is 3.86. The summed E-state index contributed by atoms with van der Waals surface area (Å²) in [7, 11) is 0. The molecule has 0 saturated heterocycles. The van der Waals surface area contributed by atoms with Gasteiger partial charge in [-0.05, 0) is 24.3 Å². The fourth-order valence-electron chi connectivity index (χ4n) is 1.37. The van der Waals surface area contributed by atoms with Gasteiger partial charge in [-0.15, -0.1) is 0 Å². The van der Waals surface area contributed by atoms with Crippen molar-refractivity contribution in [3.05, 3.63) is 47.8 Å². The van der Waals surface area contributed by atoms with E-state index in [4.69, 9.17) is 10.9 Å². The number of halogens is 3. The Kier molecular flexibility index (Phi) is 4.32. The van der Waals surface area contributed by atoms with Crippen molar-refractivity contribution < 1.29 is 18.4 Å². The second-order valence-corrected chi connectivity index (χ2v) is 4.90. The number of pyridine rings is 2. The Balaban J connectivity index is 2.11. The summed E-state index contributed by atoms with van der Waals surface area (Å²) in [5, 5.41) is 12.3. The summed E-state index contributed by atoms with van der Waals surface area (Å²) in [5.41, 5.74) is 5.02. The van der Waals surface area contributed by atoms with Crippen molar-refractivity contribution in [1.29, 1.82) is 0 Å². The average molecular weight is 314 g/mol. The molecule has 110 valence electrons. The van der Waals surface area contributed by atoms with E-state index < -0.39 is 11.7 Å². The lowest BCUT2D eigenvalue weighted by Crippen LogP contribution is -2.13. The van der Waals surface area contributed by atoms with Crippen LogP contribution in [0.1, 0.15) is 11.1 Å². The third-order valence-electron chi connectivity index (χ3n) is 2.41. The Hall–Kier alpha value is -2.29. The minimum absolute atomic E-state index is 0.0771. The van der Waals surface area contributed by atoms with Crippen LogP contribution in [0.2, 0.25) is 0 Å². The third kappa shape index (κ3) is 3.85. The number of nitrogens with two attached hydrogens (primary N) is 1. The maximum atomic E-state index is 12.4. The van der Waals surface area contributed by atoms with Gasteiger partial charge in [0.15, 0.2) is 5.84 Å². The van der Waals surface area contributed by atoms with Gasteiger partial charge in [-0.2, -0.15) is 13.2 Å². The lowest BCUT2D eigenvalue weighted by atomic mass is 10.3. The fourth-order valence-corrected chi connectivity index (χ4v) is 2.06. The molecule has 5 nitrogen and oxygen atoms in total. The van der Waals surface area contributed by atoms with Crippen molar-refractivity contribution in [2.24, 2.45) is 10.9 Å². The molecule has 0 aliphatic heterocycles. The van der Waals surface area contributed by atoms with Crippen LogP contribution in [0.25, 0.3) is 0 Å². The summed E-state index contributed by atoms with van der Waals surface area (Å²) in [6.45, 7) is 0. The molecule has 3 N–H and O–H groups in total. The van der Waals surface area contributed by atoms with Gasteiger partial charge >= 0.3 is 6.18 Å². The fraction of sp³-hybridized carbons (Fsp3) is 0.0833. The summed E-state index contributed by atoms with van der Waals surface area (Å²) in [6.07, 6.45) is -2.24. The molecule has 0 bridgehead atoms. The molecular weight excluding hydrogens is 305 g/mol. The lowest BCUT2D eigenvalue weighted by Gasteiger charge is -2.06. The van der Waals surface area contributed by atoms with Crippen LogP contribution in [0.15, 0.2) is 51.9 Å². The Morgan fingerprint density at radius 3 is 2.14 bits per heavy atom. The van der Waals surface area contributed by atoms with E-state index >= 15 is 0 Å². The Bertz CT molecular complexity index is 641. The van der Waals surface area contributed by atoms with Crippen LogP contribution in [-0.4, -0.2) is 21.0 Å². The Morgan fingerprint density at radius 1 is 1.10 bits per heavy atom. The zero-order valence-electron chi connectivity index (χ0n) is 10.4. The van der Waals surface area contributed by atoms with Crippen LogP contribution in [0.5, 0.6) is 0 Å². The van der Waals surface area contributed by atoms with E-state index in [0.717, 1.165) is 24.0 Å². The number of hydrogen-bond donors (Lipinski definition) is 2. The van der Waals surface area contributed by atoms with E-state index in [1.54, 1.807) is 12.1 Å². The van der Waals surface area contributed by atoms with Crippen LogP contribution in [0, 0.1) is 0 Å². The summed E-state index contributed by atoms with van der Waals surface area (Å²) in [6, 6.07) is 5.40. The highest BCUT2D eigenvalue weighted by molar-refractivity contribution is 7.99. The summed E-state index contributed by atoms with van der Waals surface area (Å²) >= 11 is 1.10. The van der Waals surface area contributed by atoms with Gasteiger partial charge in [-0.3, -0.25) is 0 Å². The number of hydrogen-bond acceptors (Lipinski definition) is 5. The molecular formula is C12H9F3N4OS. The molecule has 2 heterocycles. The Labute approximate surface area is 121 Å². The molecule has 0 amide bonds. The van der Waals surface area contributed by atoms with Crippen LogP contribution in [0.3, 0.4) is 0 Å². The zero-order chi connectivity index (χ0) is 15.5. The predicted molar refractivity (Wildman–Crippen MR) is 70.1 cm³/mol. The van der Waals surface area contributed by atoms with Gasteiger partial charge < -0.3 is 10.9 Å². The van der Waals surface area contributed by atoms with Crippen molar-refractivity contribution in [2.45, 2.75) is 16.2 Å². The molecule has 21 heavy (non-hydrogen) atoms. The molecule has 2 aromatic heterocycles. The number of nitrogens with zero attached hydrogens (tertiary/aromatic N) is 3. The van der Waals surface area contributed by atoms with Gasteiger partial charge in [-0.1, -0.05) is 16.9 Å². The largest absolute Gasteiger partial charge is 0.417 e. The lowest BCUT2D eigenvalue weighted by molar-refractivity contribution is -0.137. The van der Waals surface area contributed by atoms with E-state index in [9.17, 15) is 13.2 Å². The van der Waals surface area contributed by atoms with Gasteiger partial charge in [0.2, 0.25) is 0 Å². The normalized spacial score (nSPS) is 12.4. The molecule has 9 heteroatoms. The van der Waals surface area contributed by atoms with Crippen molar-refractivity contribution >= 4 is 17.6 Å². The van der Waals surface area contributed by atoms with Crippen molar-refractivity contribution in [2.75, 3.05) is 0 Å². The smallest absolute Gasteiger partial charge is 0.409 e. The highest BCUT2D eigenvalue weighted by Crippen LogP contribution is 2.30. The molecule has 0 aliphatic rings. The van der Waals surface area contributed by atoms with Gasteiger partial charge in [-0.25, -0.2) is 9.97 Å². The number of oxime groups is 1. The SMILES string of the molecule is N/C(=N\O)c1ccc(Sc2ccc(C(F)(F)F)cn2)nc1.